The first-order valence-electron chi connectivity index (χ1n) is 8.46. The van der Waals surface area contributed by atoms with E-state index in [0.717, 1.165) is 25.6 Å². The van der Waals surface area contributed by atoms with E-state index in [2.05, 4.69) is 36.7 Å². The molecule has 0 aromatic rings. The minimum Gasteiger partial charge on any atom is -0.355 e. The lowest BCUT2D eigenvalue weighted by molar-refractivity contribution is -0.0560. The second kappa shape index (κ2) is 15.8. The van der Waals surface area contributed by atoms with Crippen LogP contribution in [0.25, 0.3) is 0 Å². The molecule has 0 saturated carbocycles. The number of unbranched alkanes of at least 4 members (excludes halogenated alkanes) is 5. The maximum absolute atomic E-state index is 5.50. The van der Waals surface area contributed by atoms with Gasteiger partial charge in [0.1, 0.15) is 6.79 Å². The zero-order valence-corrected chi connectivity index (χ0v) is 15.4. The van der Waals surface area contributed by atoms with Crippen LogP contribution in [-0.2, 0) is 9.47 Å². The summed E-state index contributed by atoms with van der Waals surface area (Å²) in [4.78, 5) is 0.624. The van der Waals surface area contributed by atoms with Crippen molar-refractivity contribution in [3.63, 3.8) is 0 Å². The average molecular weight is 351 g/mol. The van der Waals surface area contributed by atoms with E-state index < -0.39 is 0 Å². The zero-order valence-electron chi connectivity index (χ0n) is 13.8. The molecule has 0 aliphatic rings. The van der Waals surface area contributed by atoms with Gasteiger partial charge in [0.05, 0.1) is 0 Å². The highest BCUT2D eigenvalue weighted by Gasteiger charge is 2.05. The smallest absolute Gasteiger partial charge is 0.146 e. The molecular weight excluding hydrogens is 316 g/mol. The molecule has 0 aliphatic carbocycles. The molecular formula is C17H35BrO2. The van der Waals surface area contributed by atoms with Crippen LogP contribution in [0.1, 0.15) is 78.6 Å². The van der Waals surface area contributed by atoms with Gasteiger partial charge in [0.25, 0.3) is 0 Å². The van der Waals surface area contributed by atoms with E-state index in [9.17, 15) is 0 Å². The summed E-state index contributed by atoms with van der Waals surface area (Å²) in [5.74, 6) is 0.775. The van der Waals surface area contributed by atoms with Crippen molar-refractivity contribution >= 4 is 15.9 Å². The first kappa shape index (κ1) is 20.4. The van der Waals surface area contributed by atoms with E-state index in [1.165, 1.54) is 51.4 Å². The Morgan fingerprint density at radius 3 is 2.10 bits per heavy atom. The second-order valence-electron chi connectivity index (χ2n) is 5.97. The SMILES string of the molecule is CCCCCCCCOCOCCCC(C)CC(C)Br. The van der Waals surface area contributed by atoms with E-state index >= 15 is 0 Å². The van der Waals surface area contributed by atoms with Crippen LogP contribution in [-0.4, -0.2) is 24.8 Å². The van der Waals surface area contributed by atoms with E-state index in [0.29, 0.717) is 11.6 Å². The molecule has 0 aliphatic heterocycles. The Morgan fingerprint density at radius 1 is 0.850 bits per heavy atom. The number of hydrogen-bond acceptors (Lipinski definition) is 2. The molecule has 0 N–H and O–H groups in total. The Hall–Kier alpha value is 0.400. The van der Waals surface area contributed by atoms with Gasteiger partial charge in [0, 0.05) is 18.0 Å². The van der Waals surface area contributed by atoms with Crippen LogP contribution in [0.2, 0.25) is 0 Å². The van der Waals surface area contributed by atoms with Crippen molar-refractivity contribution in [2.75, 3.05) is 20.0 Å². The third-order valence-corrected chi connectivity index (χ3v) is 3.90. The quantitative estimate of drug-likeness (QED) is 0.207. The third-order valence-electron chi connectivity index (χ3n) is 3.52. The van der Waals surface area contributed by atoms with Gasteiger partial charge in [-0.15, -0.1) is 0 Å². The molecule has 0 aromatic carbocycles. The number of halogens is 1. The molecule has 0 rings (SSSR count). The Labute approximate surface area is 135 Å². The summed E-state index contributed by atoms with van der Waals surface area (Å²) in [5.41, 5.74) is 0. The lowest BCUT2D eigenvalue weighted by atomic mass is 10.0. The summed E-state index contributed by atoms with van der Waals surface area (Å²) in [7, 11) is 0. The van der Waals surface area contributed by atoms with Gasteiger partial charge in [-0.1, -0.05) is 68.8 Å². The molecule has 3 heteroatoms. The Bertz CT molecular complexity index is 186. The summed E-state index contributed by atoms with van der Waals surface area (Å²) >= 11 is 3.60. The molecule has 2 atom stereocenters. The molecule has 0 radical (unpaired) electrons. The molecule has 0 aromatic heterocycles. The summed E-state index contributed by atoms with van der Waals surface area (Å²) in [6.45, 7) is 8.93. The Kier molecular flexibility index (Phi) is 16.1. The molecule has 0 heterocycles. The van der Waals surface area contributed by atoms with Gasteiger partial charge in [0.15, 0.2) is 0 Å². The minimum atomic E-state index is 0.470. The largest absolute Gasteiger partial charge is 0.355 e. The predicted octanol–water partition coefficient (Wildman–Crippen LogP) is 5.93. The van der Waals surface area contributed by atoms with E-state index in [1.54, 1.807) is 0 Å². The fourth-order valence-electron chi connectivity index (χ4n) is 2.37. The summed E-state index contributed by atoms with van der Waals surface area (Å²) in [6.07, 6.45) is 11.5. The highest BCUT2D eigenvalue weighted by atomic mass is 79.9. The zero-order chi connectivity index (χ0) is 15.1. The lowest BCUT2D eigenvalue weighted by Crippen LogP contribution is -2.06. The molecule has 2 unspecified atom stereocenters. The van der Waals surface area contributed by atoms with Crippen molar-refractivity contribution in [2.24, 2.45) is 5.92 Å². The molecule has 2 nitrogen and oxygen atoms in total. The first-order valence-corrected chi connectivity index (χ1v) is 9.38. The first-order chi connectivity index (χ1) is 9.66. The highest BCUT2D eigenvalue weighted by Crippen LogP contribution is 2.16. The molecule has 0 fully saturated rings. The van der Waals surface area contributed by atoms with Crippen LogP contribution in [0.15, 0.2) is 0 Å². The van der Waals surface area contributed by atoms with Crippen LogP contribution < -0.4 is 0 Å². The molecule has 0 amide bonds. The normalized spacial score (nSPS) is 14.4. The maximum Gasteiger partial charge on any atom is 0.146 e. The van der Waals surface area contributed by atoms with Crippen LogP contribution in [0, 0.1) is 5.92 Å². The fourth-order valence-corrected chi connectivity index (χ4v) is 3.01. The van der Waals surface area contributed by atoms with E-state index in [-0.39, 0.29) is 0 Å². The third kappa shape index (κ3) is 16.5. The fraction of sp³-hybridized carbons (Fsp3) is 1.00. The Balaban J connectivity index is 3.06. The minimum absolute atomic E-state index is 0.470. The maximum atomic E-state index is 5.50. The van der Waals surface area contributed by atoms with Gasteiger partial charge >= 0.3 is 0 Å². The highest BCUT2D eigenvalue weighted by molar-refractivity contribution is 9.09. The van der Waals surface area contributed by atoms with Crippen LogP contribution >= 0.6 is 15.9 Å². The molecule has 20 heavy (non-hydrogen) atoms. The van der Waals surface area contributed by atoms with Gasteiger partial charge in [0.2, 0.25) is 0 Å². The van der Waals surface area contributed by atoms with Crippen molar-refractivity contribution in [3.8, 4) is 0 Å². The number of rotatable bonds is 15. The molecule has 0 spiro atoms. The summed E-state index contributed by atoms with van der Waals surface area (Å²) < 4.78 is 11.0. The number of ether oxygens (including phenoxy) is 2. The van der Waals surface area contributed by atoms with Crippen LogP contribution in [0.3, 0.4) is 0 Å². The van der Waals surface area contributed by atoms with Crippen molar-refractivity contribution in [1.82, 2.24) is 0 Å². The van der Waals surface area contributed by atoms with Crippen molar-refractivity contribution in [3.05, 3.63) is 0 Å². The monoisotopic (exact) mass is 350 g/mol. The lowest BCUT2D eigenvalue weighted by Gasteiger charge is -2.12. The Morgan fingerprint density at radius 2 is 1.45 bits per heavy atom. The second-order valence-corrected chi connectivity index (χ2v) is 7.53. The van der Waals surface area contributed by atoms with Gasteiger partial charge in [-0.05, 0) is 31.6 Å². The van der Waals surface area contributed by atoms with Crippen molar-refractivity contribution in [2.45, 2.75) is 83.4 Å². The topological polar surface area (TPSA) is 18.5 Å². The van der Waals surface area contributed by atoms with E-state index in [4.69, 9.17) is 9.47 Å². The van der Waals surface area contributed by atoms with Crippen molar-refractivity contribution in [1.29, 1.82) is 0 Å². The molecule has 0 saturated heterocycles. The van der Waals surface area contributed by atoms with Crippen LogP contribution in [0.4, 0.5) is 0 Å². The van der Waals surface area contributed by atoms with Gasteiger partial charge in [-0.3, -0.25) is 0 Å². The van der Waals surface area contributed by atoms with E-state index in [1.807, 2.05) is 0 Å². The average Bonchev–Trinajstić information content (AvgIpc) is 2.39. The van der Waals surface area contributed by atoms with Gasteiger partial charge in [-0.2, -0.15) is 0 Å². The summed E-state index contributed by atoms with van der Waals surface area (Å²) in [5, 5.41) is 0. The number of hydrogen-bond donors (Lipinski definition) is 0. The predicted molar refractivity (Wildman–Crippen MR) is 91.6 cm³/mol. The van der Waals surface area contributed by atoms with Crippen LogP contribution in [0.5, 0.6) is 0 Å². The summed E-state index contributed by atoms with van der Waals surface area (Å²) in [6, 6.07) is 0. The molecule has 0 bridgehead atoms. The molecule has 122 valence electrons. The van der Waals surface area contributed by atoms with Gasteiger partial charge < -0.3 is 9.47 Å². The number of alkyl halides is 1. The van der Waals surface area contributed by atoms with Gasteiger partial charge in [-0.25, -0.2) is 0 Å². The standard InChI is InChI=1S/C17H35BrO2/c1-4-5-6-7-8-9-12-19-15-20-13-10-11-16(2)14-17(3)18/h16-17H,4-15H2,1-3H3. The van der Waals surface area contributed by atoms with Crippen molar-refractivity contribution < 1.29 is 9.47 Å².